The number of hydrogen-bond donors (Lipinski definition) is 0. The Morgan fingerprint density at radius 2 is 2.03 bits per heavy atom. The minimum Gasteiger partial charge on any atom is -0.452 e. The lowest BCUT2D eigenvalue weighted by Crippen LogP contribution is -2.38. The molecule has 4 rings (SSSR count). The van der Waals surface area contributed by atoms with E-state index in [0.717, 1.165) is 35.1 Å². The number of aryl methyl sites for hydroxylation is 2. The van der Waals surface area contributed by atoms with Crippen molar-refractivity contribution in [2.45, 2.75) is 39.7 Å². The van der Waals surface area contributed by atoms with Gasteiger partial charge in [-0.15, -0.1) is 0 Å². The van der Waals surface area contributed by atoms with Gasteiger partial charge in [-0.1, -0.05) is 18.2 Å². The molecule has 0 bridgehead atoms. The maximum absolute atomic E-state index is 12.7. The van der Waals surface area contributed by atoms with Gasteiger partial charge in [-0.3, -0.25) is 4.79 Å². The summed E-state index contributed by atoms with van der Waals surface area (Å²) in [5, 5.41) is 5.11. The third-order valence-electron chi connectivity index (χ3n) is 5.21. The minimum atomic E-state index is -0.548. The van der Waals surface area contributed by atoms with E-state index in [9.17, 15) is 9.59 Å². The Balaban J connectivity index is 1.49. The largest absolute Gasteiger partial charge is 0.452 e. The normalized spacial score (nSPS) is 13.6. The van der Waals surface area contributed by atoms with Crippen LogP contribution in [0.4, 0.5) is 5.69 Å². The first-order valence-corrected chi connectivity index (χ1v) is 9.86. The first-order valence-electron chi connectivity index (χ1n) is 9.86. The van der Waals surface area contributed by atoms with Crippen LogP contribution < -0.4 is 4.90 Å². The van der Waals surface area contributed by atoms with Gasteiger partial charge >= 0.3 is 5.97 Å². The molecule has 1 aliphatic rings. The lowest BCUT2D eigenvalue weighted by Gasteiger charge is -2.29. The predicted molar refractivity (Wildman–Crippen MR) is 110 cm³/mol. The number of para-hydroxylation sites is 1. The van der Waals surface area contributed by atoms with Crippen LogP contribution in [0.5, 0.6) is 0 Å². The van der Waals surface area contributed by atoms with Crippen molar-refractivity contribution in [3.8, 4) is 0 Å². The first-order chi connectivity index (χ1) is 14.0. The van der Waals surface area contributed by atoms with Gasteiger partial charge in [-0.05, 0) is 51.3 Å². The van der Waals surface area contributed by atoms with Crippen LogP contribution >= 0.6 is 0 Å². The van der Waals surface area contributed by atoms with Crippen molar-refractivity contribution in [1.29, 1.82) is 0 Å². The summed E-state index contributed by atoms with van der Waals surface area (Å²) < 4.78 is 7.16. The van der Waals surface area contributed by atoms with Crippen LogP contribution in [-0.2, 0) is 16.0 Å². The molecule has 0 atom stereocenters. The molecule has 0 radical (unpaired) electrons. The number of pyridine rings is 1. The molecule has 3 heterocycles. The zero-order valence-corrected chi connectivity index (χ0v) is 16.9. The fourth-order valence-electron chi connectivity index (χ4n) is 3.73. The van der Waals surface area contributed by atoms with Gasteiger partial charge in [0.1, 0.15) is 0 Å². The molecule has 150 valence electrons. The summed E-state index contributed by atoms with van der Waals surface area (Å²) in [6.45, 7) is 6.15. The van der Waals surface area contributed by atoms with Crippen LogP contribution in [0.3, 0.4) is 0 Å². The number of amides is 1. The Bertz CT molecular complexity index is 1090. The molecule has 0 saturated heterocycles. The van der Waals surface area contributed by atoms with Crippen molar-refractivity contribution < 1.29 is 14.3 Å². The van der Waals surface area contributed by atoms with Gasteiger partial charge in [0.15, 0.2) is 12.3 Å². The SMILES string of the molecule is Cc1nc2c(cnn2C(C)C)cc1C(=O)OCC(=O)N1CCCc2ccccc21. The fourth-order valence-corrected chi connectivity index (χ4v) is 3.73. The van der Waals surface area contributed by atoms with Gasteiger partial charge in [0.2, 0.25) is 0 Å². The standard InChI is InChI=1S/C22H24N4O3/c1-14(2)26-21-17(12-23-26)11-18(15(3)24-21)22(28)29-13-20(27)25-10-6-8-16-7-4-5-9-19(16)25/h4-5,7,9,11-12,14H,6,8,10,13H2,1-3H3. The van der Waals surface area contributed by atoms with Gasteiger partial charge in [-0.2, -0.15) is 5.10 Å². The van der Waals surface area contributed by atoms with Crippen LogP contribution in [0, 0.1) is 6.92 Å². The molecule has 7 nitrogen and oxygen atoms in total. The smallest absolute Gasteiger partial charge is 0.340 e. The maximum Gasteiger partial charge on any atom is 0.340 e. The Hall–Kier alpha value is -3.22. The Kier molecular flexibility index (Phi) is 5.05. The molecule has 0 N–H and O–H groups in total. The summed E-state index contributed by atoms with van der Waals surface area (Å²) in [6, 6.07) is 9.75. The highest BCUT2D eigenvalue weighted by Crippen LogP contribution is 2.27. The molecular weight excluding hydrogens is 368 g/mol. The zero-order valence-electron chi connectivity index (χ0n) is 16.9. The van der Waals surface area contributed by atoms with Crippen LogP contribution in [0.2, 0.25) is 0 Å². The number of nitrogens with zero attached hydrogens (tertiary/aromatic N) is 4. The highest BCUT2D eigenvalue weighted by molar-refractivity contribution is 5.99. The topological polar surface area (TPSA) is 77.3 Å². The molecule has 1 aliphatic heterocycles. The van der Waals surface area contributed by atoms with E-state index in [2.05, 4.69) is 10.1 Å². The molecule has 0 unspecified atom stereocenters. The lowest BCUT2D eigenvalue weighted by atomic mass is 10.0. The predicted octanol–water partition coefficient (Wildman–Crippen LogP) is 3.46. The molecule has 1 aromatic carbocycles. The number of aromatic nitrogens is 3. The molecule has 1 amide bonds. The number of hydrogen-bond acceptors (Lipinski definition) is 5. The monoisotopic (exact) mass is 392 g/mol. The number of rotatable bonds is 4. The third-order valence-corrected chi connectivity index (χ3v) is 5.21. The van der Waals surface area contributed by atoms with Gasteiger partial charge < -0.3 is 9.64 Å². The molecule has 7 heteroatoms. The van der Waals surface area contributed by atoms with Crippen LogP contribution in [0.25, 0.3) is 11.0 Å². The van der Waals surface area contributed by atoms with E-state index in [1.54, 1.807) is 24.1 Å². The molecule has 2 aromatic heterocycles. The minimum absolute atomic E-state index is 0.169. The van der Waals surface area contributed by atoms with Gasteiger partial charge in [0.25, 0.3) is 5.91 Å². The van der Waals surface area contributed by atoms with E-state index >= 15 is 0 Å². The van der Waals surface area contributed by atoms with E-state index < -0.39 is 5.97 Å². The average molecular weight is 392 g/mol. The number of fused-ring (bicyclic) bond motifs is 2. The molecule has 0 fully saturated rings. The van der Waals surface area contributed by atoms with Crippen molar-refractivity contribution in [1.82, 2.24) is 14.8 Å². The second-order valence-corrected chi connectivity index (χ2v) is 7.57. The van der Waals surface area contributed by atoms with E-state index in [0.29, 0.717) is 17.8 Å². The van der Waals surface area contributed by atoms with E-state index in [1.807, 2.05) is 42.8 Å². The molecule has 0 aliphatic carbocycles. The fraction of sp³-hybridized carbons (Fsp3) is 0.364. The molecule has 29 heavy (non-hydrogen) atoms. The summed E-state index contributed by atoms with van der Waals surface area (Å²) >= 11 is 0. The van der Waals surface area contributed by atoms with Crippen molar-refractivity contribution in [2.24, 2.45) is 0 Å². The van der Waals surface area contributed by atoms with Crippen molar-refractivity contribution in [3.05, 3.63) is 53.3 Å². The summed E-state index contributed by atoms with van der Waals surface area (Å²) in [5.41, 5.74) is 3.69. The summed E-state index contributed by atoms with van der Waals surface area (Å²) in [7, 11) is 0. The van der Waals surface area contributed by atoms with Gasteiger partial charge in [0.05, 0.1) is 17.5 Å². The van der Waals surface area contributed by atoms with Gasteiger partial charge in [0, 0.05) is 23.7 Å². The molecule has 0 saturated carbocycles. The van der Waals surface area contributed by atoms with Crippen LogP contribution in [0.15, 0.2) is 36.5 Å². The second kappa shape index (κ2) is 7.66. The Morgan fingerprint density at radius 1 is 1.24 bits per heavy atom. The van der Waals surface area contributed by atoms with Gasteiger partial charge in [-0.25, -0.2) is 14.5 Å². The Morgan fingerprint density at radius 3 is 2.83 bits per heavy atom. The average Bonchev–Trinajstić information content (AvgIpc) is 3.13. The number of carbonyl (C=O) groups is 2. The van der Waals surface area contributed by atoms with Crippen molar-refractivity contribution in [3.63, 3.8) is 0 Å². The van der Waals surface area contributed by atoms with Crippen molar-refractivity contribution >= 4 is 28.6 Å². The first kappa shape index (κ1) is 19.1. The van der Waals surface area contributed by atoms with Crippen molar-refractivity contribution in [2.75, 3.05) is 18.1 Å². The second-order valence-electron chi connectivity index (χ2n) is 7.57. The maximum atomic E-state index is 12.7. The van der Waals surface area contributed by atoms with E-state index in [-0.39, 0.29) is 18.6 Å². The highest BCUT2D eigenvalue weighted by Gasteiger charge is 2.24. The number of esters is 1. The Labute approximate surface area is 169 Å². The summed E-state index contributed by atoms with van der Waals surface area (Å²) in [6.07, 6.45) is 3.54. The number of ether oxygens (including phenoxy) is 1. The third kappa shape index (κ3) is 3.60. The van der Waals surface area contributed by atoms with Crippen LogP contribution in [0.1, 0.15) is 47.9 Å². The lowest BCUT2D eigenvalue weighted by molar-refractivity contribution is -0.121. The summed E-state index contributed by atoms with van der Waals surface area (Å²) in [4.78, 5) is 31.5. The van der Waals surface area contributed by atoms with Crippen LogP contribution in [-0.4, -0.2) is 39.8 Å². The quantitative estimate of drug-likeness (QED) is 0.636. The number of carbonyl (C=O) groups excluding carboxylic acids is 2. The number of anilines is 1. The van der Waals surface area contributed by atoms with E-state index in [1.165, 1.54) is 0 Å². The molecular formula is C22H24N4O3. The van der Waals surface area contributed by atoms with E-state index in [4.69, 9.17) is 4.74 Å². The highest BCUT2D eigenvalue weighted by atomic mass is 16.5. The zero-order chi connectivity index (χ0) is 20.5. The summed E-state index contributed by atoms with van der Waals surface area (Å²) in [5.74, 6) is -0.766. The number of benzene rings is 1. The molecule has 0 spiro atoms. The molecule has 3 aromatic rings.